The lowest BCUT2D eigenvalue weighted by molar-refractivity contribution is 0.238. The molecule has 0 fully saturated rings. The molecule has 0 atom stereocenters. The number of hydrogen-bond donors (Lipinski definition) is 3. The Bertz CT molecular complexity index is 312. The predicted octanol–water partition coefficient (Wildman–Crippen LogP) is -0.323. The van der Waals surface area contributed by atoms with Crippen molar-refractivity contribution in [1.29, 1.82) is 0 Å². The molecule has 1 heterocycles. The Hall–Kier alpha value is -2.18. The Labute approximate surface area is 73.4 Å². The standard InChI is InChI=1S/C6H7N5O2/c7-5(12)11-6(13)10-4-3-8-1-2-9-4/h1-3H,(H4,7,9,10,11,12,13). The number of imide groups is 1. The van der Waals surface area contributed by atoms with Crippen LogP contribution >= 0.6 is 0 Å². The largest absolute Gasteiger partial charge is 0.351 e. The number of nitrogens with two attached hydrogens (primary N) is 1. The third-order valence-corrected chi connectivity index (χ3v) is 1.04. The fourth-order valence-corrected chi connectivity index (χ4v) is 0.623. The molecule has 0 aromatic carbocycles. The van der Waals surface area contributed by atoms with Gasteiger partial charge in [-0.2, -0.15) is 0 Å². The van der Waals surface area contributed by atoms with Gasteiger partial charge in [-0.3, -0.25) is 15.6 Å². The van der Waals surface area contributed by atoms with E-state index < -0.39 is 12.1 Å². The molecular formula is C6H7N5O2. The lowest BCUT2D eigenvalue weighted by Crippen LogP contribution is -2.38. The lowest BCUT2D eigenvalue weighted by atomic mass is 10.6. The first kappa shape index (κ1) is 8.91. The van der Waals surface area contributed by atoms with Crippen LogP contribution < -0.4 is 16.4 Å². The number of primary amides is 1. The first-order valence-corrected chi connectivity index (χ1v) is 3.32. The third kappa shape index (κ3) is 3.14. The summed E-state index contributed by atoms with van der Waals surface area (Å²) in [4.78, 5) is 28.5. The molecule has 0 saturated carbocycles. The van der Waals surface area contributed by atoms with Crippen LogP contribution in [0.1, 0.15) is 0 Å². The van der Waals surface area contributed by atoms with Crippen molar-refractivity contribution in [3.05, 3.63) is 18.6 Å². The number of urea groups is 2. The second-order valence-corrected chi connectivity index (χ2v) is 2.03. The van der Waals surface area contributed by atoms with Crippen LogP contribution in [0.3, 0.4) is 0 Å². The maximum Gasteiger partial charge on any atom is 0.328 e. The number of carbonyl (C=O) groups excluding carboxylic acids is 2. The van der Waals surface area contributed by atoms with Gasteiger partial charge in [-0.1, -0.05) is 0 Å². The molecule has 0 aliphatic carbocycles. The predicted molar refractivity (Wildman–Crippen MR) is 43.8 cm³/mol. The van der Waals surface area contributed by atoms with E-state index in [2.05, 4.69) is 15.3 Å². The molecule has 4 N–H and O–H groups in total. The molecule has 1 aromatic rings. The zero-order chi connectivity index (χ0) is 9.68. The Morgan fingerprint density at radius 1 is 1.38 bits per heavy atom. The quantitative estimate of drug-likeness (QED) is 0.551. The van der Waals surface area contributed by atoms with Crippen molar-refractivity contribution in [1.82, 2.24) is 15.3 Å². The van der Waals surface area contributed by atoms with Crippen LogP contribution in [0, 0.1) is 0 Å². The average molecular weight is 181 g/mol. The van der Waals surface area contributed by atoms with Crippen molar-refractivity contribution < 1.29 is 9.59 Å². The minimum absolute atomic E-state index is 0.237. The minimum Gasteiger partial charge on any atom is -0.351 e. The molecular weight excluding hydrogens is 174 g/mol. The molecule has 0 spiro atoms. The van der Waals surface area contributed by atoms with Gasteiger partial charge in [-0.25, -0.2) is 14.6 Å². The fourth-order valence-electron chi connectivity index (χ4n) is 0.623. The van der Waals surface area contributed by atoms with Gasteiger partial charge in [0.15, 0.2) is 5.82 Å². The monoisotopic (exact) mass is 181 g/mol. The number of nitrogens with one attached hydrogen (secondary N) is 2. The highest BCUT2D eigenvalue weighted by molar-refractivity contribution is 5.99. The van der Waals surface area contributed by atoms with Gasteiger partial charge in [-0.05, 0) is 0 Å². The average Bonchev–Trinajstić information content (AvgIpc) is 2.04. The molecule has 13 heavy (non-hydrogen) atoms. The van der Waals surface area contributed by atoms with E-state index in [9.17, 15) is 9.59 Å². The Balaban J connectivity index is 2.50. The summed E-state index contributed by atoms with van der Waals surface area (Å²) in [5.41, 5.74) is 4.70. The number of hydrogen-bond acceptors (Lipinski definition) is 4. The third-order valence-electron chi connectivity index (χ3n) is 1.04. The van der Waals surface area contributed by atoms with Crippen molar-refractivity contribution in [2.24, 2.45) is 5.73 Å². The summed E-state index contributed by atoms with van der Waals surface area (Å²) >= 11 is 0. The second-order valence-electron chi connectivity index (χ2n) is 2.03. The number of rotatable bonds is 1. The van der Waals surface area contributed by atoms with E-state index in [0.29, 0.717) is 0 Å². The summed E-state index contributed by atoms with van der Waals surface area (Å²) in [7, 11) is 0. The summed E-state index contributed by atoms with van der Waals surface area (Å²) in [5, 5.41) is 4.06. The number of aromatic nitrogens is 2. The van der Waals surface area contributed by atoms with Gasteiger partial charge in [0.25, 0.3) is 0 Å². The summed E-state index contributed by atoms with van der Waals surface area (Å²) < 4.78 is 0. The van der Waals surface area contributed by atoms with E-state index in [1.54, 1.807) is 0 Å². The molecule has 68 valence electrons. The van der Waals surface area contributed by atoms with Crippen molar-refractivity contribution in [2.75, 3.05) is 5.32 Å². The van der Waals surface area contributed by atoms with E-state index in [4.69, 9.17) is 5.73 Å². The van der Waals surface area contributed by atoms with Crippen molar-refractivity contribution in [3.8, 4) is 0 Å². The highest BCUT2D eigenvalue weighted by atomic mass is 16.2. The van der Waals surface area contributed by atoms with E-state index in [0.717, 1.165) is 0 Å². The highest BCUT2D eigenvalue weighted by Crippen LogP contribution is 1.95. The smallest absolute Gasteiger partial charge is 0.328 e. The van der Waals surface area contributed by atoms with Gasteiger partial charge in [0.05, 0.1) is 6.20 Å². The summed E-state index contributed by atoms with van der Waals surface area (Å²) in [6.45, 7) is 0. The lowest BCUT2D eigenvalue weighted by Gasteiger charge is -2.01. The minimum atomic E-state index is -0.929. The van der Waals surface area contributed by atoms with E-state index in [1.165, 1.54) is 18.6 Å². The molecule has 0 saturated heterocycles. The number of amides is 4. The van der Waals surface area contributed by atoms with Crippen LogP contribution in [0.15, 0.2) is 18.6 Å². The van der Waals surface area contributed by atoms with Crippen molar-refractivity contribution >= 4 is 17.9 Å². The van der Waals surface area contributed by atoms with Crippen LogP contribution in [-0.4, -0.2) is 22.0 Å². The molecule has 7 nitrogen and oxygen atoms in total. The Kier molecular flexibility index (Phi) is 2.74. The number of anilines is 1. The zero-order valence-electron chi connectivity index (χ0n) is 6.52. The van der Waals surface area contributed by atoms with E-state index in [1.807, 2.05) is 5.32 Å². The molecule has 0 unspecified atom stereocenters. The van der Waals surface area contributed by atoms with Gasteiger partial charge < -0.3 is 5.73 Å². The highest BCUT2D eigenvalue weighted by Gasteiger charge is 2.03. The first-order valence-electron chi connectivity index (χ1n) is 3.32. The van der Waals surface area contributed by atoms with Crippen LogP contribution in [0.5, 0.6) is 0 Å². The van der Waals surface area contributed by atoms with E-state index >= 15 is 0 Å². The maximum atomic E-state index is 10.8. The molecule has 0 bridgehead atoms. The van der Waals surface area contributed by atoms with Crippen LogP contribution in [0.2, 0.25) is 0 Å². The molecule has 0 aliphatic rings. The summed E-state index contributed by atoms with van der Waals surface area (Å²) in [6, 6.07) is -1.67. The van der Waals surface area contributed by atoms with Crippen LogP contribution in [0.4, 0.5) is 15.4 Å². The maximum absolute atomic E-state index is 10.8. The molecule has 7 heteroatoms. The topological polar surface area (TPSA) is 110 Å². The normalized spacial score (nSPS) is 8.92. The molecule has 1 aromatic heterocycles. The molecule has 1 rings (SSSR count). The molecule has 4 amide bonds. The zero-order valence-corrected chi connectivity index (χ0v) is 6.52. The number of carbonyl (C=O) groups is 2. The first-order chi connectivity index (χ1) is 6.18. The molecule has 0 radical (unpaired) electrons. The van der Waals surface area contributed by atoms with Gasteiger partial charge in [0, 0.05) is 12.4 Å². The Morgan fingerprint density at radius 3 is 2.69 bits per heavy atom. The molecule has 0 aliphatic heterocycles. The van der Waals surface area contributed by atoms with E-state index in [-0.39, 0.29) is 5.82 Å². The second kappa shape index (κ2) is 4.00. The van der Waals surface area contributed by atoms with Gasteiger partial charge in [0.2, 0.25) is 0 Å². The SMILES string of the molecule is NC(=O)NC(=O)Nc1cnccn1. The van der Waals surface area contributed by atoms with Crippen LogP contribution in [-0.2, 0) is 0 Å². The van der Waals surface area contributed by atoms with Crippen LogP contribution in [0.25, 0.3) is 0 Å². The summed E-state index contributed by atoms with van der Waals surface area (Å²) in [6.07, 6.45) is 4.19. The van der Waals surface area contributed by atoms with Crippen molar-refractivity contribution in [3.63, 3.8) is 0 Å². The Morgan fingerprint density at radius 2 is 2.15 bits per heavy atom. The summed E-state index contributed by atoms with van der Waals surface area (Å²) in [5.74, 6) is 0.237. The van der Waals surface area contributed by atoms with Gasteiger partial charge in [-0.15, -0.1) is 0 Å². The van der Waals surface area contributed by atoms with Gasteiger partial charge in [0.1, 0.15) is 0 Å². The van der Waals surface area contributed by atoms with Crippen molar-refractivity contribution in [2.45, 2.75) is 0 Å². The fraction of sp³-hybridized carbons (Fsp3) is 0. The van der Waals surface area contributed by atoms with Gasteiger partial charge >= 0.3 is 12.1 Å². The number of nitrogens with zero attached hydrogens (tertiary/aromatic N) is 2.